The molecule has 24 heavy (non-hydrogen) atoms. The van der Waals surface area contributed by atoms with E-state index in [1.807, 2.05) is 0 Å². The summed E-state index contributed by atoms with van der Waals surface area (Å²) in [6, 6.07) is 0. The topological polar surface area (TPSA) is 106 Å². The van der Waals surface area contributed by atoms with Crippen LogP contribution in [0.5, 0.6) is 5.88 Å². The van der Waals surface area contributed by atoms with Gasteiger partial charge in [-0.15, -0.1) is 0 Å². The molecule has 1 aromatic rings. The first-order valence-electron chi connectivity index (χ1n) is 7.99. The lowest BCUT2D eigenvalue weighted by atomic mass is 10.1. The maximum atomic E-state index is 12.4. The van der Waals surface area contributed by atoms with Crippen molar-refractivity contribution in [1.82, 2.24) is 9.97 Å². The van der Waals surface area contributed by atoms with Crippen LogP contribution < -0.4 is 10.5 Å². The van der Waals surface area contributed by atoms with E-state index in [-0.39, 0.29) is 34.8 Å². The van der Waals surface area contributed by atoms with Crippen LogP contribution in [0, 0.1) is 0 Å². The molecule has 8 nitrogen and oxygen atoms in total. The van der Waals surface area contributed by atoms with E-state index in [0.29, 0.717) is 39.3 Å². The van der Waals surface area contributed by atoms with Gasteiger partial charge < -0.3 is 24.7 Å². The van der Waals surface area contributed by atoms with Crippen LogP contribution in [-0.4, -0.2) is 54.6 Å². The first kappa shape index (κ1) is 17.2. The highest BCUT2D eigenvalue weighted by Gasteiger charge is 2.26. The van der Waals surface area contributed by atoms with Gasteiger partial charge in [0, 0.05) is 25.7 Å². The maximum absolute atomic E-state index is 12.4. The molecule has 132 valence electrons. The number of nitrogens with two attached hydrogens (primary N) is 1. The Morgan fingerprint density at radius 2 is 1.62 bits per heavy atom. The van der Waals surface area contributed by atoms with Gasteiger partial charge in [0.25, 0.3) is 0 Å². The molecule has 3 rings (SSSR count). The van der Waals surface area contributed by atoms with E-state index in [2.05, 4.69) is 9.97 Å². The third kappa shape index (κ3) is 4.25. The van der Waals surface area contributed by atoms with Gasteiger partial charge in [0.2, 0.25) is 11.2 Å². The molecule has 0 bridgehead atoms. The van der Waals surface area contributed by atoms with Gasteiger partial charge in [-0.2, -0.15) is 4.98 Å². The molecular formula is C15H20ClN3O5. The number of hydrogen-bond acceptors (Lipinski definition) is 8. The molecule has 3 heterocycles. The minimum atomic E-state index is -0.625. The van der Waals surface area contributed by atoms with Gasteiger partial charge in [-0.1, -0.05) is 0 Å². The average molecular weight is 358 g/mol. The van der Waals surface area contributed by atoms with Crippen molar-refractivity contribution < 1.29 is 23.7 Å². The number of nitrogens with zero attached hydrogens (tertiary/aromatic N) is 2. The molecule has 2 saturated heterocycles. The van der Waals surface area contributed by atoms with Crippen LogP contribution in [0.25, 0.3) is 0 Å². The predicted molar refractivity (Wildman–Crippen MR) is 85.2 cm³/mol. The Labute approximate surface area is 144 Å². The summed E-state index contributed by atoms with van der Waals surface area (Å²) in [5, 5.41) is -0.106. The Morgan fingerprint density at radius 3 is 2.25 bits per heavy atom. The zero-order valence-corrected chi connectivity index (χ0v) is 14.0. The molecule has 0 amide bonds. The maximum Gasteiger partial charge on any atom is 0.359 e. The first-order chi connectivity index (χ1) is 11.6. The smallest absolute Gasteiger partial charge is 0.359 e. The lowest BCUT2D eigenvalue weighted by molar-refractivity contribution is -0.0163. The van der Waals surface area contributed by atoms with Crippen molar-refractivity contribution in [2.24, 2.45) is 0 Å². The third-order valence-corrected chi connectivity index (χ3v) is 4.13. The standard InChI is InChI=1S/C15H20ClN3O5/c16-15-18-12(14(20)24-10-3-7-22-8-4-10)11(17)13(19-15)23-9-1-5-21-6-2-9/h9-10H,1-8,17H2. The van der Waals surface area contributed by atoms with E-state index >= 15 is 0 Å². The molecule has 0 unspecified atom stereocenters. The number of anilines is 1. The minimum absolute atomic E-state index is 0.0444. The number of rotatable bonds is 4. The molecule has 2 aliphatic heterocycles. The number of nitrogen functional groups attached to an aromatic ring is 1. The second-order valence-corrected chi connectivity index (χ2v) is 6.04. The van der Waals surface area contributed by atoms with Crippen molar-refractivity contribution >= 4 is 23.3 Å². The molecule has 0 saturated carbocycles. The van der Waals surface area contributed by atoms with E-state index < -0.39 is 5.97 Å². The van der Waals surface area contributed by atoms with Crippen LogP contribution in [0.4, 0.5) is 5.69 Å². The Balaban J connectivity index is 1.73. The van der Waals surface area contributed by atoms with E-state index in [4.69, 9.17) is 36.3 Å². The van der Waals surface area contributed by atoms with Crippen LogP contribution in [0.15, 0.2) is 0 Å². The fourth-order valence-corrected chi connectivity index (χ4v) is 2.78. The van der Waals surface area contributed by atoms with E-state index in [0.717, 1.165) is 12.8 Å². The average Bonchev–Trinajstić information content (AvgIpc) is 2.59. The summed E-state index contributed by atoms with van der Waals surface area (Å²) in [7, 11) is 0. The van der Waals surface area contributed by atoms with Crippen molar-refractivity contribution in [2.75, 3.05) is 32.2 Å². The SMILES string of the molecule is Nc1c(OC2CCOCC2)nc(Cl)nc1C(=O)OC1CCOCC1. The van der Waals surface area contributed by atoms with Crippen molar-refractivity contribution in [3.05, 3.63) is 11.0 Å². The second kappa shape index (κ2) is 7.96. The Kier molecular flexibility index (Phi) is 5.70. The summed E-state index contributed by atoms with van der Waals surface area (Å²) in [4.78, 5) is 20.3. The molecule has 1 aromatic heterocycles. The molecule has 0 radical (unpaired) electrons. The molecule has 9 heteroatoms. The molecule has 0 spiro atoms. The van der Waals surface area contributed by atoms with Gasteiger partial charge in [-0.3, -0.25) is 0 Å². The highest BCUT2D eigenvalue weighted by Crippen LogP contribution is 2.27. The van der Waals surface area contributed by atoms with Gasteiger partial charge in [0.05, 0.1) is 26.4 Å². The number of hydrogen-bond donors (Lipinski definition) is 1. The number of ether oxygens (including phenoxy) is 4. The molecular weight excluding hydrogens is 338 g/mol. The van der Waals surface area contributed by atoms with Gasteiger partial charge in [-0.05, 0) is 11.6 Å². The second-order valence-electron chi connectivity index (χ2n) is 5.71. The largest absolute Gasteiger partial charge is 0.473 e. The first-order valence-corrected chi connectivity index (χ1v) is 8.37. The number of carbonyl (C=O) groups is 1. The Morgan fingerprint density at radius 1 is 1.04 bits per heavy atom. The molecule has 0 aromatic carbocycles. The van der Waals surface area contributed by atoms with Crippen LogP contribution in [0.1, 0.15) is 36.2 Å². The van der Waals surface area contributed by atoms with Gasteiger partial charge in [0.1, 0.15) is 17.9 Å². The van der Waals surface area contributed by atoms with Crippen molar-refractivity contribution in [1.29, 1.82) is 0 Å². The zero-order chi connectivity index (χ0) is 16.9. The fourth-order valence-electron chi connectivity index (χ4n) is 2.62. The van der Waals surface area contributed by atoms with Crippen molar-refractivity contribution in [3.8, 4) is 5.88 Å². The number of carbonyl (C=O) groups excluding carboxylic acids is 1. The summed E-state index contributed by atoms with van der Waals surface area (Å²) >= 11 is 5.92. The quantitative estimate of drug-likeness (QED) is 0.639. The predicted octanol–water partition coefficient (Wildman–Crippen LogP) is 1.61. The molecule has 0 atom stereocenters. The fraction of sp³-hybridized carbons (Fsp3) is 0.667. The molecule has 2 aliphatic rings. The lowest BCUT2D eigenvalue weighted by Gasteiger charge is -2.24. The monoisotopic (exact) mass is 357 g/mol. The van der Waals surface area contributed by atoms with Crippen molar-refractivity contribution in [2.45, 2.75) is 37.9 Å². The third-order valence-electron chi connectivity index (χ3n) is 3.97. The summed E-state index contributed by atoms with van der Waals surface area (Å²) < 4.78 is 21.7. The summed E-state index contributed by atoms with van der Waals surface area (Å²) in [5.41, 5.74) is 5.99. The zero-order valence-electron chi connectivity index (χ0n) is 13.2. The highest BCUT2D eigenvalue weighted by molar-refractivity contribution is 6.28. The van der Waals surface area contributed by atoms with Crippen LogP contribution in [0.2, 0.25) is 5.28 Å². The Hall–Kier alpha value is -1.64. The number of halogens is 1. The van der Waals surface area contributed by atoms with Crippen LogP contribution in [-0.2, 0) is 14.2 Å². The summed E-state index contributed by atoms with van der Waals surface area (Å²) in [6.07, 6.45) is 2.46. The number of esters is 1. The Bertz CT molecular complexity index is 589. The number of aromatic nitrogens is 2. The van der Waals surface area contributed by atoms with E-state index in [1.165, 1.54) is 0 Å². The van der Waals surface area contributed by atoms with Crippen molar-refractivity contribution in [3.63, 3.8) is 0 Å². The minimum Gasteiger partial charge on any atom is -0.473 e. The van der Waals surface area contributed by atoms with Gasteiger partial charge in [-0.25, -0.2) is 9.78 Å². The van der Waals surface area contributed by atoms with E-state index in [9.17, 15) is 4.79 Å². The highest BCUT2D eigenvalue weighted by atomic mass is 35.5. The summed E-state index contributed by atoms with van der Waals surface area (Å²) in [5.74, 6) is -0.513. The molecule has 2 fully saturated rings. The van der Waals surface area contributed by atoms with Crippen LogP contribution in [0.3, 0.4) is 0 Å². The molecule has 0 aliphatic carbocycles. The lowest BCUT2D eigenvalue weighted by Crippen LogP contribution is -2.28. The van der Waals surface area contributed by atoms with Gasteiger partial charge in [0.15, 0.2) is 5.69 Å². The molecule has 2 N–H and O–H groups in total. The summed E-state index contributed by atoms with van der Waals surface area (Å²) in [6.45, 7) is 2.36. The van der Waals surface area contributed by atoms with Gasteiger partial charge >= 0.3 is 5.97 Å². The normalized spacial score (nSPS) is 19.9. The van der Waals surface area contributed by atoms with E-state index in [1.54, 1.807) is 0 Å². The van der Waals surface area contributed by atoms with Crippen LogP contribution >= 0.6 is 11.6 Å².